The van der Waals surface area contributed by atoms with E-state index in [4.69, 9.17) is 4.52 Å². The standard InChI is InChI=1S/C19H18N6O3S2/c1-10-4-5-13(6-11(10)2)21-17(27)22-18-23-24-19(30-18)29-9-14-8-16(26)25-15(20-14)7-12(3)28-25/h4-8H,9H2,1-3H3,(H2,21,22,23,27). The van der Waals surface area contributed by atoms with Crippen LogP contribution in [0, 0.1) is 20.8 Å². The number of nitrogens with one attached hydrogen (secondary N) is 2. The van der Waals surface area contributed by atoms with Crippen molar-refractivity contribution in [2.75, 3.05) is 10.6 Å². The summed E-state index contributed by atoms with van der Waals surface area (Å²) in [5.74, 6) is 1.06. The predicted molar refractivity (Wildman–Crippen MR) is 116 cm³/mol. The molecule has 4 aromatic rings. The molecule has 4 rings (SSSR count). The predicted octanol–water partition coefficient (Wildman–Crippen LogP) is 4.00. The number of hydrogen-bond acceptors (Lipinski definition) is 8. The van der Waals surface area contributed by atoms with E-state index in [0.717, 1.165) is 15.7 Å². The van der Waals surface area contributed by atoms with Gasteiger partial charge in [0.15, 0.2) is 9.99 Å². The quantitative estimate of drug-likeness (QED) is 0.355. The fourth-order valence-corrected chi connectivity index (χ4v) is 4.32. The largest absolute Gasteiger partial charge is 0.375 e. The zero-order valence-corrected chi connectivity index (χ0v) is 18.1. The number of carbonyl (C=O) groups excluding carboxylic acids is 1. The summed E-state index contributed by atoms with van der Waals surface area (Å²) in [6.45, 7) is 5.76. The molecule has 9 nitrogen and oxygen atoms in total. The number of nitrogens with zero attached hydrogens (tertiary/aromatic N) is 4. The van der Waals surface area contributed by atoms with Gasteiger partial charge in [0.25, 0.3) is 5.56 Å². The van der Waals surface area contributed by atoms with E-state index in [9.17, 15) is 9.59 Å². The summed E-state index contributed by atoms with van der Waals surface area (Å²) < 4.78 is 7.09. The molecule has 0 bridgehead atoms. The molecule has 11 heteroatoms. The van der Waals surface area contributed by atoms with E-state index in [1.807, 2.05) is 32.0 Å². The summed E-state index contributed by atoms with van der Waals surface area (Å²) in [6.07, 6.45) is 0. The zero-order valence-electron chi connectivity index (χ0n) is 16.4. The molecule has 0 fully saturated rings. The summed E-state index contributed by atoms with van der Waals surface area (Å²) in [7, 11) is 0. The van der Waals surface area contributed by atoms with Crippen LogP contribution in [0.25, 0.3) is 5.65 Å². The first kappa shape index (κ1) is 20.1. The Morgan fingerprint density at radius 1 is 1.13 bits per heavy atom. The number of aryl methyl sites for hydroxylation is 3. The van der Waals surface area contributed by atoms with Crippen LogP contribution in [0.1, 0.15) is 22.6 Å². The second-order valence-corrected chi connectivity index (χ2v) is 8.82. The molecule has 0 aliphatic rings. The topological polar surface area (TPSA) is 114 Å². The number of fused-ring (bicyclic) bond motifs is 1. The van der Waals surface area contributed by atoms with Crippen molar-refractivity contribution >= 4 is 45.6 Å². The van der Waals surface area contributed by atoms with Crippen LogP contribution in [0.3, 0.4) is 0 Å². The van der Waals surface area contributed by atoms with E-state index in [2.05, 4.69) is 25.8 Å². The zero-order chi connectivity index (χ0) is 21.3. The summed E-state index contributed by atoms with van der Waals surface area (Å²) in [5, 5.41) is 13.9. The van der Waals surface area contributed by atoms with Gasteiger partial charge in [-0.3, -0.25) is 10.1 Å². The molecule has 0 aliphatic heterocycles. The third kappa shape index (κ3) is 4.52. The molecule has 154 valence electrons. The minimum absolute atomic E-state index is 0.272. The highest BCUT2D eigenvalue weighted by molar-refractivity contribution is 8.00. The summed E-state index contributed by atoms with van der Waals surface area (Å²) >= 11 is 2.63. The Kier molecular flexibility index (Phi) is 5.55. The maximum atomic E-state index is 12.2. The van der Waals surface area contributed by atoms with Crippen molar-refractivity contribution in [3.05, 3.63) is 63.3 Å². The van der Waals surface area contributed by atoms with Gasteiger partial charge in [-0.25, -0.2) is 9.78 Å². The SMILES string of the molecule is Cc1cc2nc(CSc3nnc(NC(=O)Nc4ccc(C)c(C)c4)s3)cc(=O)n2o1. The van der Waals surface area contributed by atoms with Crippen LogP contribution in [0.2, 0.25) is 0 Å². The lowest BCUT2D eigenvalue weighted by atomic mass is 10.1. The molecule has 2 amide bonds. The highest BCUT2D eigenvalue weighted by Crippen LogP contribution is 2.28. The van der Waals surface area contributed by atoms with Crippen LogP contribution in [-0.4, -0.2) is 25.8 Å². The highest BCUT2D eigenvalue weighted by Gasteiger charge is 2.11. The number of hydrogen-bond donors (Lipinski definition) is 2. The fraction of sp³-hybridized carbons (Fsp3) is 0.211. The van der Waals surface area contributed by atoms with Crippen LogP contribution in [0.5, 0.6) is 0 Å². The molecule has 0 aliphatic carbocycles. The minimum atomic E-state index is -0.388. The van der Waals surface area contributed by atoms with Crippen molar-refractivity contribution < 1.29 is 9.32 Å². The molecule has 0 spiro atoms. The molecular weight excluding hydrogens is 424 g/mol. The minimum Gasteiger partial charge on any atom is -0.375 e. The van der Waals surface area contributed by atoms with Crippen LogP contribution in [0.4, 0.5) is 15.6 Å². The number of thioether (sulfide) groups is 1. The summed E-state index contributed by atoms with van der Waals surface area (Å²) in [5.41, 5.74) is 3.77. The van der Waals surface area contributed by atoms with Gasteiger partial charge in [-0.05, 0) is 44.0 Å². The van der Waals surface area contributed by atoms with Gasteiger partial charge >= 0.3 is 6.03 Å². The van der Waals surface area contributed by atoms with E-state index in [1.54, 1.807) is 13.0 Å². The lowest BCUT2D eigenvalue weighted by Crippen LogP contribution is -2.19. The molecule has 0 atom stereocenters. The Morgan fingerprint density at radius 2 is 1.97 bits per heavy atom. The van der Waals surface area contributed by atoms with Gasteiger partial charge in [0.2, 0.25) is 5.13 Å². The van der Waals surface area contributed by atoms with Gasteiger partial charge in [0.05, 0.1) is 5.69 Å². The maximum absolute atomic E-state index is 12.2. The average molecular weight is 443 g/mol. The fourth-order valence-electron chi connectivity index (χ4n) is 2.68. The number of urea groups is 1. The van der Waals surface area contributed by atoms with E-state index >= 15 is 0 Å². The lowest BCUT2D eigenvalue weighted by molar-refractivity contribution is 0.262. The molecule has 1 aromatic carbocycles. The Bertz CT molecular complexity index is 1290. The van der Waals surface area contributed by atoms with Gasteiger partial charge < -0.3 is 9.84 Å². The molecule has 0 unspecified atom stereocenters. The van der Waals surface area contributed by atoms with Gasteiger partial charge in [-0.2, -0.15) is 0 Å². The number of carbonyl (C=O) groups is 1. The number of aromatic nitrogens is 4. The third-order valence-electron chi connectivity index (χ3n) is 4.26. The molecule has 2 N–H and O–H groups in total. The van der Waals surface area contributed by atoms with E-state index < -0.39 is 0 Å². The van der Waals surface area contributed by atoms with Gasteiger partial charge in [0, 0.05) is 23.6 Å². The van der Waals surface area contributed by atoms with Gasteiger partial charge in [0.1, 0.15) is 5.76 Å². The van der Waals surface area contributed by atoms with Crippen molar-refractivity contribution in [2.24, 2.45) is 0 Å². The summed E-state index contributed by atoms with van der Waals surface area (Å²) in [4.78, 5) is 28.7. The van der Waals surface area contributed by atoms with Gasteiger partial charge in [-0.15, -0.1) is 14.8 Å². The normalized spacial score (nSPS) is 11.0. The second kappa shape index (κ2) is 8.28. The van der Waals surface area contributed by atoms with E-state index in [-0.39, 0.29) is 11.6 Å². The first-order valence-electron chi connectivity index (χ1n) is 8.98. The van der Waals surface area contributed by atoms with Crippen molar-refractivity contribution in [1.82, 2.24) is 19.8 Å². The Morgan fingerprint density at radius 3 is 2.77 bits per heavy atom. The Hall–Kier alpha value is -3.18. The first-order chi connectivity index (χ1) is 14.4. The van der Waals surface area contributed by atoms with Crippen molar-refractivity contribution in [3.63, 3.8) is 0 Å². The molecule has 30 heavy (non-hydrogen) atoms. The van der Waals surface area contributed by atoms with Crippen LogP contribution in [0.15, 0.2) is 44.0 Å². The number of anilines is 2. The molecular formula is C19H18N6O3S2. The number of rotatable bonds is 5. The van der Waals surface area contributed by atoms with Crippen molar-refractivity contribution in [2.45, 2.75) is 30.9 Å². The maximum Gasteiger partial charge on any atom is 0.325 e. The first-order valence-corrected chi connectivity index (χ1v) is 10.8. The smallest absolute Gasteiger partial charge is 0.325 e. The molecule has 0 saturated heterocycles. The molecule has 3 aromatic heterocycles. The van der Waals surface area contributed by atoms with E-state index in [0.29, 0.717) is 38.0 Å². The van der Waals surface area contributed by atoms with Crippen molar-refractivity contribution in [3.8, 4) is 0 Å². The Labute approximate surface area is 179 Å². The molecule has 3 heterocycles. The molecule has 0 saturated carbocycles. The lowest BCUT2D eigenvalue weighted by Gasteiger charge is -2.07. The number of benzene rings is 1. The monoisotopic (exact) mass is 442 g/mol. The third-order valence-corrected chi connectivity index (χ3v) is 6.26. The van der Waals surface area contributed by atoms with Crippen LogP contribution in [-0.2, 0) is 5.75 Å². The van der Waals surface area contributed by atoms with Crippen LogP contribution < -0.4 is 16.2 Å². The van der Waals surface area contributed by atoms with E-state index in [1.165, 1.54) is 29.2 Å². The van der Waals surface area contributed by atoms with Crippen molar-refractivity contribution in [1.29, 1.82) is 0 Å². The Balaban J connectivity index is 1.36. The molecule has 0 radical (unpaired) electrons. The summed E-state index contributed by atoms with van der Waals surface area (Å²) in [6, 6.07) is 8.45. The second-order valence-electron chi connectivity index (χ2n) is 6.62. The average Bonchev–Trinajstić information content (AvgIpc) is 3.29. The highest BCUT2D eigenvalue weighted by atomic mass is 32.2. The van der Waals surface area contributed by atoms with Gasteiger partial charge in [-0.1, -0.05) is 29.2 Å². The number of amides is 2. The van der Waals surface area contributed by atoms with Crippen LogP contribution >= 0.6 is 23.1 Å².